The highest BCUT2D eigenvalue weighted by atomic mass is 32.2. The van der Waals surface area contributed by atoms with Gasteiger partial charge < -0.3 is 4.90 Å². The van der Waals surface area contributed by atoms with Crippen LogP contribution in [0.2, 0.25) is 0 Å². The number of hydrogen-bond acceptors (Lipinski definition) is 3. The molecule has 1 amide bonds. The molecule has 0 bridgehead atoms. The molecule has 1 aliphatic heterocycles. The van der Waals surface area contributed by atoms with Gasteiger partial charge in [-0.3, -0.25) is 4.79 Å². The van der Waals surface area contributed by atoms with E-state index in [0.29, 0.717) is 44.7 Å². The molecule has 1 fully saturated rings. The van der Waals surface area contributed by atoms with Crippen LogP contribution in [0.1, 0.15) is 48.4 Å². The van der Waals surface area contributed by atoms with Crippen molar-refractivity contribution in [1.82, 2.24) is 4.90 Å². The van der Waals surface area contributed by atoms with Crippen molar-refractivity contribution in [2.24, 2.45) is 0 Å². The number of carbonyl (C=O) groups is 1. The number of sulfone groups is 1. The van der Waals surface area contributed by atoms with E-state index in [1.165, 1.54) is 24.3 Å². The molecule has 1 unspecified atom stereocenters. The Morgan fingerprint density at radius 3 is 2.39 bits per heavy atom. The Bertz CT molecular complexity index is 1260. The fourth-order valence-electron chi connectivity index (χ4n) is 5.70. The third-order valence-corrected chi connectivity index (χ3v) is 8.60. The third-order valence-electron chi connectivity index (χ3n) is 7.66. The van der Waals surface area contributed by atoms with Gasteiger partial charge in [0.05, 0.1) is 5.75 Å². The van der Waals surface area contributed by atoms with E-state index in [9.17, 15) is 35.2 Å². The second kappa shape index (κ2) is 9.11. The first-order chi connectivity index (χ1) is 16.6. The van der Waals surface area contributed by atoms with Gasteiger partial charge >= 0.3 is 6.18 Å². The average Bonchev–Trinajstić information content (AvgIpc) is 3.17. The smallest absolute Gasteiger partial charge is 0.339 e. The molecule has 2 aliphatic rings. The Morgan fingerprint density at radius 2 is 1.78 bits per heavy atom. The predicted molar refractivity (Wildman–Crippen MR) is 126 cm³/mol. The molecule has 196 valence electrons. The van der Waals surface area contributed by atoms with Crippen molar-refractivity contribution in [3.63, 3.8) is 0 Å². The second-order valence-corrected chi connectivity index (χ2v) is 12.4. The highest BCUT2D eigenvalue weighted by Gasteiger charge is 2.55. The van der Waals surface area contributed by atoms with Crippen molar-refractivity contribution >= 4 is 15.7 Å². The standard InChI is InChI=1S/C26H28F5NO3S/c1-24(28,26(29,30)31)19-6-9-21-18(15-19)5-10-22-25(21,16-17-3-7-20(27)8-4-17)12-13-32(22)23(33)11-14-36(2,34)35/h3-4,6-9,15,22H,5,10-14,16H2,1-2H3/t22-,24?,25-/m1/s1. The molecule has 0 radical (unpaired) electrons. The van der Waals surface area contributed by atoms with Crippen LogP contribution in [-0.4, -0.2) is 50.0 Å². The number of hydrogen-bond donors (Lipinski definition) is 0. The van der Waals surface area contributed by atoms with E-state index in [1.807, 2.05) is 0 Å². The number of halogens is 5. The Hall–Kier alpha value is -2.49. The third kappa shape index (κ3) is 4.88. The van der Waals surface area contributed by atoms with Crippen molar-refractivity contribution in [1.29, 1.82) is 0 Å². The Morgan fingerprint density at radius 1 is 1.11 bits per heavy atom. The van der Waals surface area contributed by atoms with E-state index in [2.05, 4.69) is 0 Å². The molecule has 1 aliphatic carbocycles. The number of benzene rings is 2. The molecule has 4 rings (SSSR count). The summed E-state index contributed by atoms with van der Waals surface area (Å²) < 4.78 is 91.6. The minimum Gasteiger partial charge on any atom is -0.339 e. The largest absolute Gasteiger partial charge is 0.426 e. The molecule has 0 saturated carbocycles. The van der Waals surface area contributed by atoms with E-state index in [4.69, 9.17) is 0 Å². The Kier molecular flexibility index (Phi) is 6.73. The van der Waals surface area contributed by atoms with Gasteiger partial charge in [-0.15, -0.1) is 0 Å². The first kappa shape index (κ1) is 26.6. The zero-order chi connectivity index (χ0) is 26.5. The minimum absolute atomic E-state index is 0.153. The monoisotopic (exact) mass is 529 g/mol. The number of nitrogens with zero attached hydrogens (tertiary/aromatic N) is 1. The number of aryl methyl sites for hydroxylation is 1. The molecule has 1 saturated heterocycles. The lowest BCUT2D eigenvalue weighted by Gasteiger charge is -2.44. The molecule has 4 nitrogen and oxygen atoms in total. The summed E-state index contributed by atoms with van der Waals surface area (Å²) in [5.41, 5.74) is -2.49. The molecule has 2 aromatic carbocycles. The zero-order valence-electron chi connectivity index (χ0n) is 20.0. The molecular formula is C26H28F5NO3S. The van der Waals surface area contributed by atoms with Crippen molar-refractivity contribution < 1.29 is 35.2 Å². The van der Waals surface area contributed by atoms with Gasteiger partial charge in [-0.1, -0.05) is 30.3 Å². The summed E-state index contributed by atoms with van der Waals surface area (Å²) in [7, 11) is -3.34. The molecule has 0 spiro atoms. The van der Waals surface area contributed by atoms with E-state index in [0.717, 1.165) is 23.4 Å². The van der Waals surface area contributed by atoms with Crippen LogP contribution in [0.25, 0.3) is 0 Å². The number of fused-ring (bicyclic) bond motifs is 3. The first-order valence-electron chi connectivity index (χ1n) is 11.8. The number of carbonyl (C=O) groups excluding carboxylic acids is 1. The van der Waals surface area contributed by atoms with Gasteiger partial charge in [0.2, 0.25) is 11.6 Å². The maximum Gasteiger partial charge on any atom is 0.426 e. The molecule has 0 N–H and O–H groups in total. The average molecular weight is 530 g/mol. The van der Waals surface area contributed by atoms with Crippen LogP contribution in [0, 0.1) is 5.82 Å². The van der Waals surface area contributed by atoms with Crippen molar-refractivity contribution in [2.45, 2.75) is 62.3 Å². The van der Waals surface area contributed by atoms with Gasteiger partial charge in [-0.2, -0.15) is 13.2 Å². The summed E-state index contributed by atoms with van der Waals surface area (Å²) in [5, 5.41) is 0. The van der Waals surface area contributed by atoms with E-state index < -0.39 is 38.5 Å². The Labute approximate surface area is 207 Å². The van der Waals surface area contributed by atoms with Gasteiger partial charge in [-0.25, -0.2) is 17.2 Å². The summed E-state index contributed by atoms with van der Waals surface area (Å²) in [5.74, 6) is -0.966. The van der Waals surface area contributed by atoms with Gasteiger partial charge in [0.15, 0.2) is 0 Å². The minimum atomic E-state index is -5.07. The number of alkyl halides is 4. The molecule has 2 aromatic rings. The lowest BCUT2D eigenvalue weighted by atomic mass is 9.63. The summed E-state index contributed by atoms with van der Waals surface area (Å²) >= 11 is 0. The fourth-order valence-corrected chi connectivity index (χ4v) is 6.25. The predicted octanol–water partition coefficient (Wildman–Crippen LogP) is 5.04. The molecular weight excluding hydrogens is 501 g/mol. The normalized spacial score (nSPS) is 23.6. The summed E-state index contributed by atoms with van der Waals surface area (Å²) in [6.07, 6.45) is -2.46. The maximum absolute atomic E-state index is 14.7. The van der Waals surface area contributed by atoms with Crippen molar-refractivity contribution in [3.05, 3.63) is 70.5 Å². The highest BCUT2D eigenvalue weighted by molar-refractivity contribution is 7.90. The van der Waals surface area contributed by atoms with Crippen molar-refractivity contribution in [2.75, 3.05) is 18.6 Å². The van der Waals surface area contributed by atoms with Crippen LogP contribution < -0.4 is 0 Å². The van der Waals surface area contributed by atoms with Gasteiger partial charge in [-0.05, 0) is 67.0 Å². The first-order valence-corrected chi connectivity index (χ1v) is 13.8. The molecule has 0 aromatic heterocycles. The molecule has 10 heteroatoms. The lowest BCUT2D eigenvalue weighted by Crippen LogP contribution is -2.49. The van der Waals surface area contributed by atoms with Crippen LogP contribution in [0.5, 0.6) is 0 Å². The summed E-state index contributed by atoms with van der Waals surface area (Å²) in [6.45, 7) is 0.866. The van der Waals surface area contributed by atoms with E-state index >= 15 is 0 Å². The van der Waals surface area contributed by atoms with Gasteiger partial charge in [0.25, 0.3) is 0 Å². The van der Waals surface area contributed by atoms with Crippen LogP contribution in [0.15, 0.2) is 42.5 Å². The molecule has 3 atom stereocenters. The van der Waals surface area contributed by atoms with E-state index in [1.54, 1.807) is 17.0 Å². The number of likely N-dealkylation sites (tertiary alicyclic amines) is 1. The SMILES string of the molecule is CC(F)(c1ccc2c(c1)CC[C@H]1N(C(=O)CCS(C)(=O)=O)CC[C@@]21Cc1ccc(F)cc1)C(F)(F)F. The number of amides is 1. The molecule has 36 heavy (non-hydrogen) atoms. The van der Waals surface area contributed by atoms with Crippen molar-refractivity contribution in [3.8, 4) is 0 Å². The lowest BCUT2D eigenvalue weighted by molar-refractivity contribution is -0.228. The maximum atomic E-state index is 14.7. The second-order valence-electron chi connectivity index (χ2n) is 10.1. The summed E-state index contributed by atoms with van der Waals surface area (Å²) in [6, 6.07) is 9.60. The van der Waals surface area contributed by atoms with Gasteiger partial charge in [0, 0.05) is 30.7 Å². The highest BCUT2D eigenvalue weighted by Crippen LogP contribution is 2.51. The van der Waals surface area contributed by atoms with Crippen LogP contribution >= 0.6 is 0 Å². The molecule has 1 heterocycles. The number of rotatable bonds is 6. The zero-order valence-corrected chi connectivity index (χ0v) is 20.9. The Balaban J connectivity index is 1.75. The van der Waals surface area contributed by atoms with Gasteiger partial charge in [0.1, 0.15) is 15.7 Å². The van der Waals surface area contributed by atoms with Crippen LogP contribution in [-0.2, 0) is 38.6 Å². The van der Waals surface area contributed by atoms with Crippen LogP contribution in [0.4, 0.5) is 22.0 Å². The van der Waals surface area contributed by atoms with E-state index in [-0.39, 0.29) is 24.1 Å². The quantitative estimate of drug-likeness (QED) is 0.493. The fraction of sp³-hybridized carbons (Fsp3) is 0.500. The van der Waals surface area contributed by atoms with Crippen LogP contribution in [0.3, 0.4) is 0 Å². The summed E-state index contributed by atoms with van der Waals surface area (Å²) in [4.78, 5) is 14.7. The topological polar surface area (TPSA) is 54.5 Å².